The first-order valence-electron chi connectivity index (χ1n) is 9.61. The van der Waals surface area contributed by atoms with Crippen LogP contribution >= 0.6 is 0 Å². The standard InChI is InChI=1S/C20H25F5N2O4/c1-11(19(22)5-7-27(8-6-19)17(30)31-18(2,3)4)26-14-10-12(16(28)29)9-13(21)15(14)20(23,24)25/h9-11,26H,5-8H2,1-4H3,(H,28,29)/t11-/m0/s1. The Balaban J connectivity index is 2.21. The van der Waals surface area contributed by atoms with E-state index in [0.717, 1.165) is 0 Å². The molecule has 31 heavy (non-hydrogen) atoms. The lowest BCUT2D eigenvalue weighted by molar-refractivity contribution is -0.139. The number of carboxylic acid groups (broad SMARTS) is 1. The molecule has 11 heteroatoms. The summed E-state index contributed by atoms with van der Waals surface area (Å²) in [5, 5.41) is 11.3. The number of aromatic carboxylic acids is 1. The monoisotopic (exact) mass is 452 g/mol. The minimum atomic E-state index is -5.12. The number of carboxylic acids is 1. The number of ether oxygens (including phenoxy) is 1. The fourth-order valence-electron chi connectivity index (χ4n) is 3.32. The maximum Gasteiger partial charge on any atom is 0.421 e. The van der Waals surface area contributed by atoms with E-state index in [-0.39, 0.29) is 32.0 Å². The van der Waals surface area contributed by atoms with E-state index in [0.29, 0.717) is 6.07 Å². The molecular weight excluding hydrogens is 427 g/mol. The molecule has 2 N–H and O–H groups in total. The second kappa shape index (κ2) is 8.51. The average Bonchev–Trinajstić information content (AvgIpc) is 2.59. The molecule has 1 amide bonds. The number of carbonyl (C=O) groups is 2. The molecule has 1 fully saturated rings. The zero-order valence-corrected chi connectivity index (χ0v) is 17.6. The van der Waals surface area contributed by atoms with Crippen LogP contribution in [-0.4, -0.2) is 52.5 Å². The van der Waals surface area contributed by atoms with Crippen molar-refractivity contribution in [2.75, 3.05) is 18.4 Å². The van der Waals surface area contributed by atoms with E-state index in [1.807, 2.05) is 0 Å². The van der Waals surface area contributed by atoms with Gasteiger partial charge in [0, 0.05) is 25.9 Å². The van der Waals surface area contributed by atoms with Crippen molar-refractivity contribution in [3.8, 4) is 0 Å². The highest BCUT2D eigenvalue weighted by Crippen LogP contribution is 2.40. The van der Waals surface area contributed by atoms with Crippen LogP contribution in [0.15, 0.2) is 12.1 Å². The number of alkyl halides is 4. The number of anilines is 1. The Bertz CT molecular complexity index is 843. The van der Waals surface area contributed by atoms with Crippen LogP contribution in [0.2, 0.25) is 0 Å². The zero-order chi connectivity index (χ0) is 23.8. The Morgan fingerprint density at radius 3 is 2.19 bits per heavy atom. The van der Waals surface area contributed by atoms with Crippen molar-refractivity contribution in [1.29, 1.82) is 0 Å². The van der Waals surface area contributed by atoms with Gasteiger partial charge in [-0.05, 0) is 39.8 Å². The van der Waals surface area contributed by atoms with Crippen LogP contribution in [0.1, 0.15) is 56.5 Å². The summed E-state index contributed by atoms with van der Waals surface area (Å²) in [6, 6.07) is -0.326. The number of amides is 1. The van der Waals surface area contributed by atoms with Gasteiger partial charge in [0.1, 0.15) is 22.7 Å². The highest BCUT2D eigenvalue weighted by Gasteiger charge is 2.44. The molecule has 0 aromatic heterocycles. The first kappa shape index (κ1) is 24.7. The van der Waals surface area contributed by atoms with Crippen LogP contribution in [0.25, 0.3) is 0 Å². The highest BCUT2D eigenvalue weighted by atomic mass is 19.4. The lowest BCUT2D eigenvalue weighted by Gasteiger charge is -2.40. The van der Waals surface area contributed by atoms with Gasteiger partial charge in [-0.2, -0.15) is 13.2 Å². The smallest absolute Gasteiger partial charge is 0.421 e. The number of hydrogen-bond donors (Lipinski definition) is 2. The summed E-state index contributed by atoms with van der Waals surface area (Å²) in [7, 11) is 0. The molecule has 0 saturated carbocycles. The Morgan fingerprint density at radius 2 is 1.74 bits per heavy atom. The average molecular weight is 452 g/mol. The molecule has 0 aliphatic carbocycles. The van der Waals surface area contributed by atoms with Gasteiger partial charge in [0.2, 0.25) is 0 Å². The van der Waals surface area contributed by atoms with Crippen molar-refractivity contribution in [3.05, 3.63) is 29.1 Å². The Labute approximate surface area is 176 Å². The van der Waals surface area contributed by atoms with Gasteiger partial charge in [-0.15, -0.1) is 0 Å². The molecule has 2 rings (SSSR count). The number of nitrogens with zero attached hydrogens (tertiary/aromatic N) is 1. The summed E-state index contributed by atoms with van der Waals surface area (Å²) in [4.78, 5) is 24.5. The van der Waals surface area contributed by atoms with Crippen LogP contribution < -0.4 is 5.32 Å². The first-order valence-corrected chi connectivity index (χ1v) is 9.61. The normalized spacial score (nSPS) is 17.8. The molecule has 1 heterocycles. The minimum Gasteiger partial charge on any atom is -0.478 e. The summed E-state index contributed by atoms with van der Waals surface area (Å²) in [6.07, 6.45) is -6.12. The summed E-state index contributed by atoms with van der Waals surface area (Å²) in [6.45, 7) is 6.30. The number of likely N-dealkylation sites (tertiary alicyclic amines) is 1. The quantitative estimate of drug-likeness (QED) is 0.623. The maximum atomic E-state index is 15.5. The minimum absolute atomic E-state index is 0.0207. The van der Waals surface area contributed by atoms with E-state index < -0.39 is 58.2 Å². The van der Waals surface area contributed by atoms with Gasteiger partial charge in [-0.3, -0.25) is 0 Å². The third kappa shape index (κ3) is 5.98. The molecular formula is C20H25F5N2O4. The van der Waals surface area contributed by atoms with E-state index in [4.69, 9.17) is 9.84 Å². The summed E-state index contributed by atoms with van der Waals surface area (Å²) in [5.41, 5.74) is -6.00. The number of hydrogen-bond acceptors (Lipinski definition) is 4. The van der Waals surface area contributed by atoms with E-state index >= 15 is 4.39 Å². The van der Waals surface area contributed by atoms with Crippen LogP contribution in [0, 0.1) is 5.82 Å². The Hall–Kier alpha value is -2.59. The second-order valence-electron chi connectivity index (χ2n) is 8.55. The van der Waals surface area contributed by atoms with Gasteiger partial charge < -0.3 is 20.1 Å². The van der Waals surface area contributed by atoms with E-state index in [1.54, 1.807) is 20.8 Å². The highest BCUT2D eigenvalue weighted by molar-refractivity contribution is 5.89. The maximum absolute atomic E-state index is 15.5. The molecule has 1 aliphatic heterocycles. The van der Waals surface area contributed by atoms with Crippen LogP contribution in [0.5, 0.6) is 0 Å². The van der Waals surface area contributed by atoms with E-state index in [2.05, 4.69) is 5.32 Å². The molecule has 1 atom stereocenters. The van der Waals surface area contributed by atoms with Crippen molar-refractivity contribution >= 4 is 17.7 Å². The van der Waals surface area contributed by atoms with Crippen LogP contribution in [0.3, 0.4) is 0 Å². The molecule has 0 unspecified atom stereocenters. The second-order valence-corrected chi connectivity index (χ2v) is 8.55. The molecule has 0 radical (unpaired) electrons. The zero-order valence-electron chi connectivity index (χ0n) is 17.6. The molecule has 1 saturated heterocycles. The van der Waals surface area contributed by atoms with Crippen molar-refractivity contribution in [2.24, 2.45) is 0 Å². The SMILES string of the molecule is C[C@H](Nc1cc(C(=O)O)cc(F)c1C(F)(F)F)C1(F)CCN(C(=O)OC(C)(C)C)CC1. The van der Waals surface area contributed by atoms with Crippen molar-refractivity contribution in [1.82, 2.24) is 4.90 Å². The van der Waals surface area contributed by atoms with Crippen LogP contribution in [0.4, 0.5) is 32.4 Å². The number of rotatable bonds is 4. The van der Waals surface area contributed by atoms with E-state index in [1.165, 1.54) is 11.8 Å². The van der Waals surface area contributed by atoms with Gasteiger partial charge in [0.25, 0.3) is 0 Å². The molecule has 0 spiro atoms. The third-order valence-electron chi connectivity index (χ3n) is 5.02. The predicted molar refractivity (Wildman–Crippen MR) is 102 cm³/mol. The fraction of sp³-hybridized carbons (Fsp3) is 0.600. The van der Waals surface area contributed by atoms with Crippen molar-refractivity contribution in [3.63, 3.8) is 0 Å². The first-order chi connectivity index (χ1) is 14.0. The predicted octanol–water partition coefficient (Wildman–Crippen LogP) is 5.08. The molecule has 1 aromatic rings. The Morgan fingerprint density at radius 1 is 1.19 bits per heavy atom. The number of halogens is 5. The number of benzene rings is 1. The third-order valence-corrected chi connectivity index (χ3v) is 5.02. The van der Waals surface area contributed by atoms with Gasteiger partial charge in [0.05, 0.1) is 17.3 Å². The van der Waals surface area contributed by atoms with Gasteiger partial charge in [0.15, 0.2) is 0 Å². The summed E-state index contributed by atoms with van der Waals surface area (Å²) < 4.78 is 74.7. The topological polar surface area (TPSA) is 78.9 Å². The van der Waals surface area contributed by atoms with Gasteiger partial charge in [-0.1, -0.05) is 0 Å². The van der Waals surface area contributed by atoms with Crippen molar-refractivity contribution in [2.45, 2.75) is 64.0 Å². The molecule has 1 aromatic carbocycles. The number of piperidine rings is 1. The molecule has 1 aliphatic rings. The number of carbonyl (C=O) groups excluding carboxylic acids is 1. The van der Waals surface area contributed by atoms with Crippen LogP contribution in [-0.2, 0) is 10.9 Å². The summed E-state index contributed by atoms with van der Waals surface area (Å²) >= 11 is 0. The molecule has 174 valence electrons. The van der Waals surface area contributed by atoms with Gasteiger partial charge in [-0.25, -0.2) is 18.4 Å². The lowest BCUT2D eigenvalue weighted by atomic mass is 9.86. The number of nitrogens with one attached hydrogen (secondary N) is 1. The van der Waals surface area contributed by atoms with E-state index in [9.17, 15) is 27.2 Å². The Kier molecular flexibility index (Phi) is 6.77. The summed E-state index contributed by atoms with van der Waals surface area (Å²) in [5.74, 6) is -3.39. The largest absolute Gasteiger partial charge is 0.478 e. The van der Waals surface area contributed by atoms with Gasteiger partial charge >= 0.3 is 18.2 Å². The molecule has 0 bridgehead atoms. The van der Waals surface area contributed by atoms with Crippen molar-refractivity contribution < 1.29 is 41.4 Å². The lowest BCUT2D eigenvalue weighted by Crippen LogP contribution is -2.52. The fourth-order valence-corrected chi connectivity index (χ4v) is 3.32. The molecule has 6 nitrogen and oxygen atoms in total.